The van der Waals surface area contributed by atoms with E-state index in [4.69, 9.17) is 10.5 Å². The quantitative estimate of drug-likeness (QED) is 0.780. The van der Waals surface area contributed by atoms with Gasteiger partial charge in [-0.3, -0.25) is 0 Å². The van der Waals surface area contributed by atoms with Crippen LogP contribution in [0.15, 0.2) is 12.1 Å². The number of ether oxygens (including phenoxy) is 1. The summed E-state index contributed by atoms with van der Waals surface area (Å²) in [6.07, 6.45) is 1.96. The van der Waals surface area contributed by atoms with Crippen molar-refractivity contribution in [1.29, 1.82) is 0 Å². The van der Waals surface area contributed by atoms with E-state index in [9.17, 15) is 4.39 Å². The highest BCUT2D eigenvalue weighted by molar-refractivity contribution is 14.1. The number of nitrogen functional groups attached to an aromatic ring is 1. The molecule has 1 aromatic heterocycles. The van der Waals surface area contributed by atoms with E-state index in [1.807, 2.05) is 34.1 Å². The molecule has 0 amide bonds. The molecule has 1 aromatic carbocycles. The van der Waals surface area contributed by atoms with Gasteiger partial charge >= 0.3 is 0 Å². The Morgan fingerprint density at radius 2 is 2.32 bits per heavy atom. The molecule has 1 fully saturated rings. The molecule has 2 atom stereocenters. The summed E-state index contributed by atoms with van der Waals surface area (Å²) in [7, 11) is 0. The molecule has 2 heterocycles. The molecular formula is C13H15FIN3O. The van der Waals surface area contributed by atoms with Crippen LogP contribution in [0.2, 0.25) is 0 Å². The lowest BCUT2D eigenvalue weighted by Gasteiger charge is -2.29. The number of hydrogen-bond donors (Lipinski definition) is 1. The zero-order valence-electron chi connectivity index (χ0n) is 10.6. The fourth-order valence-electron chi connectivity index (χ4n) is 2.70. The molecule has 1 aliphatic heterocycles. The Bertz CT molecular complexity index is 628. The van der Waals surface area contributed by atoms with E-state index < -0.39 is 0 Å². The zero-order valence-corrected chi connectivity index (χ0v) is 12.7. The summed E-state index contributed by atoms with van der Waals surface area (Å²) in [6.45, 7) is 2.75. The van der Waals surface area contributed by atoms with Crippen LogP contribution in [0.5, 0.6) is 0 Å². The highest BCUT2D eigenvalue weighted by Crippen LogP contribution is 2.32. The van der Waals surface area contributed by atoms with E-state index in [0.29, 0.717) is 16.1 Å². The van der Waals surface area contributed by atoms with Gasteiger partial charge in [0, 0.05) is 18.7 Å². The van der Waals surface area contributed by atoms with Gasteiger partial charge in [-0.25, -0.2) is 9.37 Å². The lowest BCUT2D eigenvalue weighted by atomic mass is 10.0. The van der Waals surface area contributed by atoms with Gasteiger partial charge in [-0.05, 0) is 48.4 Å². The molecule has 19 heavy (non-hydrogen) atoms. The van der Waals surface area contributed by atoms with Crippen molar-refractivity contribution in [1.82, 2.24) is 9.55 Å². The monoisotopic (exact) mass is 375 g/mol. The molecule has 1 saturated heterocycles. The smallest absolute Gasteiger partial charge is 0.201 e. The Hall–Kier alpha value is -0.890. The van der Waals surface area contributed by atoms with Gasteiger partial charge in [-0.2, -0.15) is 0 Å². The molecule has 1 aliphatic rings. The standard InChI is InChI=1S/C13H15FIN3O/c1-7-4-8(2-3-19-7)18-12-5-9(14)10(15)6-11(12)17-13(18)16/h5-8H,2-4H2,1H3,(H2,16,17). The van der Waals surface area contributed by atoms with Gasteiger partial charge in [-0.1, -0.05) is 0 Å². The van der Waals surface area contributed by atoms with E-state index in [1.165, 1.54) is 6.07 Å². The molecule has 2 unspecified atom stereocenters. The van der Waals surface area contributed by atoms with Gasteiger partial charge in [-0.15, -0.1) is 0 Å². The second-order valence-electron chi connectivity index (χ2n) is 4.95. The van der Waals surface area contributed by atoms with Crippen molar-refractivity contribution in [2.24, 2.45) is 0 Å². The Balaban J connectivity index is 2.12. The van der Waals surface area contributed by atoms with Gasteiger partial charge < -0.3 is 15.0 Å². The summed E-state index contributed by atoms with van der Waals surface area (Å²) >= 11 is 1.97. The first kappa shape index (κ1) is 13.1. The van der Waals surface area contributed by atoms with Crippen LogP contribution in [-0.2, 0) is 4.74 Å². The summed E-state index contributed by atoms with van der Waals surface area (Å²) in [6, 6.07) is 3.50. The highest BCUT2D eigenvalue weighted by Gasteiger charge is 2.24. The third kappa shape index (κ3) is 2.31. The summed E-state index contributed by atoms with van der Waals surface area (Å²) < 4.78 is 21.8. The number of nitrogens with two attached hydrogens (primary N) is 1. The Morgan fingerprint density at radius 1 is 1.53 bits per heavy atom. The van der Waals surface area contributed by atoms with E-state index in [1.54, 1.807) is 6.07 Å². The molecule has 6 heteroatoms. The maximum absolute atomic E-state index is 13.8. The van der Waals surface area contributed by atoms with E-state index in [2.05, 4.69) is 4.98 Å². The minimum atomic E-state index is -0.227. The second kappa shape index (κ2) is 4.90. The molecule has 102 valence electrons. The van der Waals surface area contributed by atoms with Gasteiger partial charge in [0.2, 0.25) is 5.95 Å². The minimum Gasteiger partial charge on any atom is -0.378 e. The molecule has 3 rings (SSSR count). The third-order valence-electron chi connectivity index (χ3n) is 3.58. The molecule has 0 saturated carbocycles. The van der Waals surface area contributed by atoms with Crippen molar-refractivity contribution >= 4 is 39.6 Å². The lowest BCUT2D eigenvalue weighted by molar-refractivity contribution is 0.00713. The molecule has 4 nitrogen and oxygen atoms in total. The molecule has 0 radical (unpaired) electrons. The topological polar surface area (TPSA) is 53.1 Å². The fraction of sp³-hybridized carbons (Fsp3) is 0.462. The number of nitrogens with zero attached hydrogens (tertiary/aromatic N) is 2. The van der Waals surface area contributed by atoms with Crippen LogP contribution in [-0.4, -0.2) is 22.3 Å². The van der Waals surface area contributed by atoms with Crippen molar-refractivity contribution in [2.75, 3.05) is 12.3 Å². The summed E-state index contributed by atoms with van der Waals surface area (Å²) in [4.78, 5) is 4.34. The normalized spacial score (nSPS) is 23.9. The predicted molar refractivity (Wildman–Crippen MR) is 80.5 cm³/mol. The average molecular weight is 375 g/mol. The summed E-state index contributed by atoms with van der Waals surface area (Å²) in [5.41, 5.74) is 7.54. The Labute approximate surface area is 124 Å². The summed E-state index contributed by atoms with van der Waals surface area (Å²) in [5.74, 6) is 0.227. The van der Waals surface area contributed by atoms with Crippen molar-refractivity contribution < 1.29 is 9.13 Å². The molecule has 0 bridgehead atoms. The second-order valence-corrected chi connectivity index (χ2v) is 6.12. The SMILES string of the molecule is CC1CC(n2c(N)nc3cc(I)c(F)cc32)CCO1. The van der Waals surface area contributed by atoms with Crippen LogP contribution >= 0.6 is 22.6 Å². The van der Waals surface area contributed by atoms with Crippen LogP contribution in [0.3, 0.4) is 0 Å². The number of aromatic nitrogens is 2. The first-order valence-corrected chi connectivity index (χ1v) is 7.38. The number of rotatable bonds is 1. The van der Waals surface area contributed by atoms with Gasteiger partial charge in [0.15, 0.2) is 0 Å². The number of benzene rings is 1. The van der Waals surface area contributed by atoms with E-state index >= 15 is 0 Å². The van der Waals surface area contributed by atoms with Crippen LogP contribution < -0.4 is 5.73 Å². The van der Waals surface area contributed by atoms with Crippen molar-refractivity contribution in [3.63, 3.8) is 0 Å². The van der Waals surface area contributed by atoms with Crippen LogP contribution in [0.25, 0.3) is 11.0 Å². The fourth-order valence-corrected chi connectivity index (χ4v) is 3.15. The average Bonchev–Trinajstić information content (AvgIpc) is 2.65. The molecule has 0 aliphatic carbocycles. The largest absolute Gasteiger partial charge is 0.378 e. The maximum Gasteiger partial charge on any atom is 0.201 e. The number of halogens is 2. The first-order chi connectivity index (χ1) is 9.06. The number of imidazole rings is 1. The first-order valence-electron chi connectivity index (χ1n) is 6.30. The van der Waals surface area contributed by atoms with E-state index in [-0.39, 0.29) is 18.0 Å². The zero-order chi connectivity index (χ0) is 13.6. The Kier molecular flexibility index (Phi) is 3.38. The highest BCUT2D eigenvalue weighted by atomic mass is 127. The number of anilines is 1. The van der Waals surface area contributed by atoms with Crippen LogP contribution in [0, 0.1) is 9.39 Å². The molecule has 2 N–H and O–H groups in total. The minimum absolute atomic E-state index is 0.198. The van der Waals surface area contributed by atoms with E-state index in [0.717, 1.165) is 23.9 Å². The van der Waals surface area contributed by atoms with Gasteiger partial charge in [0.05, 0.1) is 20.7 Å². The maximum atomic E-state index is 13.8. The molecular weight excluding hydrogens is 360 g/mol. The van der Waals surface area contributed by atoms with Crippen LogP contribution in [0.1, 0.15) is 25.8 Å². The third-order valence-corrected chi connectivity index (χ3v) is 4.41. The predicted octanol–water partition coefficient (Wildman–Crippen LogP) is 3.10. The Morgan fingerprint density at radius 3 is 3.05 bits per heavy atom. The van der Waals surface area contributed by atoms with Crippen molar-refractivity contribution in [3.8, 4) is 0 Å². The number of fused-ring (bicyclic) bond motifs is 1. The summed E-state index contributed by atoms with van der Waals surface area (Å²) in [5, 5.41) is 0. The molecule has 0 spiro atoms. The lowest BCUT2D eigenvalue weighted by Crippen LogP contribution is -2.26. The number of hydrogen-bond acceptors (Lipinski definition) is 3. The van der Waals surface area contributed by atoms with Crippen LogP contribution in [0.4, 0.5) is 10.3 Å². The van der Waals surface area contributed by atoms with Gasteiger partial charge in [0.25, 0.3) is 0 Å². The van der Waals surface area contributed by atoms with Crippen molar-refractivity contribution in [2.45, 2.75) is 31.9 Å². The van der Waals surface area contributed by atoms with Gasteiger partial charge in [0.1, 0.15) is 5.82 Å². The van der Waals surface area contributed by atoms with Crippen molar-refractivity contribution in [3.05, 3.63) is 21.5 Å². The molecule has 2 aromatic rings.